The van der Waals surface area contributed by atoms with Gasteiger partial charge in [-0.05, 0) is 49.9 Å². The maximum absolute atomic E-state index is 9.20. The standard InChI is InChI=1S/C16H25N3O2/c1-12-7-13(2)9-14(8-12)19-15(17)18-10-16(3-5-20)4-6-21-11-16/h7-9,20H,3-6,10-11H2,1-2H3,(H3,17,18,19). The Bertz CT molecular complexity index is 488. The molecule has 1 aromatic carbocycles. The van der Waals surface area contributed by atoms with Crippen molar-refractivity contribution in [1.82, 2.24) is 0 Å². The van der Waals surface area contributed by atoms with Crippen LogP contribution in [-0.4, -0.2) is 37.4 Å². The third-order valence-electron chi connectivity index (χ3n) is 3.91. The fourth-order valence-electron chi connectivity index (χ4n) is 2.77. The molecule has 5 heteroatoms. The zero-order valence-electron chi connectivity index (χ0n) is 12.9. The Labute approximate surface area is 126 Å². The number of nitrogens with zero attached hydrogens (tertiary/aromatic N) is 1. The van der Waals surface area contributed by atoms with E-state index in [-0.39, 0.29) is 12.0 Å². The third kappa shape index (κ3) is 4.44. The highest BCUT2D eigenvalue weighted by atomic mass is 16.5. The van der Waals surface area contributed by atoms with Crippen LogP contribution in [-0.2, 0) is 4.74 Å². The van der Waals surface area contributed by atoms with Crippen molar-refractivity contribution >= 4 is 11.6 Å². The number of aliphatic hydroxyl groups is 1. The fourth-order valence-corrected chi connectivity index (χ4v) is 2.77. The topological polar surface area (TPSA) is 79.9 Å². The van der Waals surface area contributed by atoms with Crippen molar-refractivity contribution in [3.8, 4) is 0 Å². The zero-order valence-corrected chi connectivity index (χ0v) is 12.9. The van der Waals surface area contributed by atoms with Gasteiger partial charge in [-0.3, -0.25) is 4.99 Å². The number of hydrogen-bond acceptors (Lipinski definition) is 3. The molecule has 1 aliphatic heterocycles. The van der Waals surface area contributed by atoms with Gasteiger partial charge in [-0.15, -0.1) is 0 Å². The van der Waals surface area contributed by atoms with Gasteiger partial charge >= 0.3 is 0 Å². The molecule has 116 valence electrons. The average Bonchev–Trinajstić information content (AvgIpc) is 2.85. The molecule has 1 heterocycles. The molecule has 0 amide bonds. The highest BCUT2D eigenvalue weighted by Gasteiger charge is 2.34. The molecule has 1 aromatic rings. The van der Waals surface area contributed by atoms with E-state index in [2.05, 4.69) is 30.2 Å². The second kappa shape index (κ2) is 6.91. The molecule has 0 spiro atoms. The summed E-state index contributed by atoms with van der Waals surface area (Å²) in [5.41, 5.74) is 9.23. The van der Waals surface area contributed by atoms with Gasteiger partial charge in [0.2, 0.25) is 0 Å². The van der Waals surface area contributed by atoms with Crippen LogP contribution >= 0.6 is 0 Å². The fraction of sp³-hybridized carbons (Fsp3) is 0.562. The molecule has 4 N–H and O–H groups in total. The van der Waals surface area contributed by atoms with Gasteiger partial charge in [-0.2, -0.15) is 0 Å². The molecule has 1 aliphatic rings. The maximum atomic E-state index is 9.20. The van der Waals surface area contributed by atoms with Gasteiger partial charge in [-0.1, -0.05) is 6.07 Å². The number of guanidine groups is 1. The Hall–Kier alpha value is -1.59. The lowest BCUT2D eigenvalue weighted by atomic mass is 9.84. The monoisotopic (exact) mass is 291 g/mol. The van der Waals surface area contributed by atoms with E-state index in [1.165, 1.54) is 11.1 Å². The minimum Gasteiger partial charge on any atom is -0.396 e. The molecule has 0 aliphatic carbocycles. The number of aryl methyl sites for hydroxylation is 2. The first-order chi connectivity index (χ1) is 10.0. The lowest BCUT2D eigenvalue weighted by Gasteiger charge is -2.24. The van der Waals surface area contributed by atoms with E-state index in [0.29, 0.717) is 25.5 Å². The zero-order chi connectivity index (χ0) is 15.3. The van der Waals surface area contributed by atoms with Crippen LogP contribution in [0.1, 0.15) is 24.0 Å². The molecule has 0 aromatic heterocycles. The van der Waals surface area contributed by atoms with Crippen molar-refractivity contribution in [1.29, 1.82) is 0 Å². The SMILES string of the molecule is Cc1cc(C)cc(NC(N)=NCC2(CCO)CCOC2)c1. The third-order valence-corrected chi connectivity index (χ3v) is 3.91. The van der Waals surface area contributed by atoms with Crippen LogP contribution in [0.2, 0.25) is 0 Å². The molecular weight excluding hydrogens is 266 g/mol. The van der Waals surface area contributed by atoms with Gasteiger partial charge in [-0.25, -0.2) is 0 Å². The molecule has 0 saturated carbocycles. The van der Waals surface area contributed by atoms with E-state index in [1.807, 2.05) is 12.1 Å². The first-order valence-electron chi connectivity index (χ1n) is 7.37. The first kappa shape index (κ1) is 15.8. The largest absolute Gasteiger partial charge is 0.396 e. The number of aliphatic imine (C=N–C) groups is 1. The second-order valence-electron chi connectivity index (χ2n) is 5.98. The van der Waals surface area contributed by atoms with Crippen molar-refractivity contribution in [3.05, 3.63) is 29.3 Å². The predicted molar refractivity (Wildman–Crippen MR) is 85.6 cm³/mol. The van der Waals surface area contributed by atoms with E-state index in [0.717, 1.165) is 18.7 Å². The Kier molecular flexibility index (Phi) is 5.20. The summed E-state index contributed by atoms with van der Waals surface area (Å²) < 4.78 is 5.45. The highest BCUT2D eigenvalue weighted by Crippen LogP contribution is 2.32. The number of ether oxygens (including phenoxy) is 1. The summed E-state index contributed by atoms with van der Waals surface area (Å²) in [5, 5.41) is 12.3. The molecule has 21 heavy (non-hydrogen) atoms. The summed E-state index contributed by atoms with van der Waals surface area (Å²) in [4.78, 5) is 4.44. The van der Waals surface area contributed by atoms with Crippen molar-refractivity contribution in [2.75, 3.05) is 31.7 Å². The molecular formula is C16H25N3O2. The molecule has 1 atom stereocenters. The van der Waals surface area contributed by atoms with Crippen LogP contribution in [0.3, 0.4) is 0 Å². The molecule has 0 radical (unpaired) electrons. The van der Waals surface area contributed by atoms with Gasteiger partial charge in [0.25, 0.3) is 0 Å². The number of hydrogen-bond donors (Lipinski definition) is 3. The van der Waals surface area contributed by atoms with Crippen LogP contribution < -0.4 is 11.1 Å². The van der Waals surface area contributed by atoms with Crippen molar-refractivity contribution in [2.45, 2.75) is 26.7 Å². The van der Waals surface area contributed by atoms with E-state index in [1.54, 1.807) is 0 Å². The molecule has 0 bridgehead atoms. The van der Waals surface area contributed by atoms with Gasteiger partial charge in [0.15, 0.2) is 5.96 Å². The quantitative estimate of drug-likeness (QED) is 0.571. The molecule has 1 fully saturated rings. The van der Waals surface area contributed by atoms with Gasteiger partial charge in [0.05, 0.1) is 13.2 Å². The molecule has 2 rings (SSSR count). The number of aliphatic hydroxyl groups excluding tert-OH is 1. The number of nitrogens with two attached hydrogens (primary N) is 1. The normalized spacial score (nSPS) is 22.5. The molecule has 5 nitrogen and oxygen atoms in total. The van der Waals surface area contributed by atoms with Crippen molar-refractivity contribution < 1.29 is 9.84 Å². The van der Waals surface area contributed by atoms with Crippen LogP contribution in [0.5, 0.6) is 0 Å². The summed E-state index contributed by atoms with van der Waals surface area (Å²) in [5.74, 6) is 0.407. The van der Waals surface area contributed by atoms with Crippen molar-refractivity contribution in [2.24, 2.45) is 16.1 Å². The summed E-state index contributed by atoms with van der Waals surface area (Å²) in [6, 6.07) is 6.19. The Morgan fingerprint density at radius 3 is 2.67 bits per heavy atom. The van der Waals surface area contributed by atoms with Crippen LogP contribution in [0, 0.1) is 19.3 Å². The van der Waals surface area contributed by atoms with E-state index in [9.17, 15) is 5.11 Å². The summed E-state index contributed by atoms with van der Waals surface area (Å²) in [6.45, 7) is 6.23. The van der Waals surface area contributed by atoms with Crippen LogP contribution in [0.4, 0.5) is 5.69 Å². The summed E-state index contributed by atoms with van der Waals surface area (Å²) in [7, 11) is 0. The van der Waals surface area contributed by atoms with E-state index < -0.39 is 0 Å². The Balaban J connectivity index is 2.00. The molecule has 1 saturated heterocycles. The maximum Gasteiger partial charge on any atom is 0.193 e. The van der Waals surface area contributed by atoms with Crippen LogP contribution in [0.25, 0.3) is 0 Å². The number of benzene rings is 1. The van der Waals surface area contributed by atoms with Gasteiger partial charge in [0.1, 0.15) is 0 Å². The smallest absolute Gasteiger partial charge is 0.193 e. The number of nitrogens with one attached hydrogen (secondary N) is 1. The average molecular weight is 291 g/mol. The summed E-state index contributed by atoms with van der Waals surface area (Å²) in [6.07, 6.45) is 1.63. The Morgan fingerprint density at radius 2 is 2.10 bits per heavy atom. The Morgan fingerprint density at radius 1 is 1.38 bits per heavy atom. The minimum atomic E-state index is -0.0659. The predicted octanol–water partition coefficient (Wildman–Crippen LogP) is 1.82. The van der Waals surface area contributed by atoms with Crippen LogP contribution in [0.15, 0.2) is 23.2 Å². The first-order valence-corrected chi connectivity index (χ1v) is 7.37. The molecule has 1 unspecified atom stereocenters. The van der Waals surface area contributed by atoms with Gasteiger partial charge in [0, 0.05) is 24.3 Å². The van der Waals surface area contributed by atoms with E-state index >= 15 is 0 Å². The van der Waals surface area contributed by atoms with Gasteiger partial charge < -0.3 is 20.9 Å². The number of rotatable bonds is 5. The second-order valence-corrected chi connectivity index (χ2v) is 5.98. The summed E-state index contributed by atoms with van der Waals surface area (Å²) >= 11 is 0. The number of anilines is 1. The lowest BCUT2D eigenvalue weighted by molar-refractivity contribution is 0.131. The van der Waals surface area contributed by atoms with E-state index in [4.69, 9.17) is 10.5 Å². The minimum absolute atomic E-state index is 0.0659. The highest BCUT2D eigenvalue weighted by molar-refractivity contribution is 5.92. The lowest BCUT2D eigenvalue weighted by Crippen LogP contribution is -2.30. The van der Waals surface area contributed by atoms with Crippen molar-refractivity contribution in [3.63, 3.8) is 0 Å².